The van der Waals surface area contributed by atoms with E-state index < -0.39 is 24.4 Å². The smallest absolute Gasteiger partial charge is 0.129 e. The van der Waals surface area contributed by atoms with Gasteiger partial charge in [-0.25, -0.2) is 0 Å². The number of rotatable bonds is 13. The molecule has 0 radical (unpaired) electrons. The van der Waals surface area contributed by atoms with Crippen LogP contribution in [0.3, 0.4) is 0 Å². The van der Waals surface area contributed by atoms with Gasteiger partial charge in [-0.2, -0.15) is 0 Å². The zero-order valence-corrected chi connectivity index (χ0v) is 23.6. The summed E-state index contributed by atoms with van der Waals surface area (Å²) in [6.07, 6.45) is -2.86. The maximum absolute atomic E-state index is 11.3. The van der Waals surface area contributed by atoms with E-state index in [4.69, 9.17) is 14.2 Å². The van der Waals surface area contributed by atoms with Gasteiger partial charge in [-0.3, -0.25) is 0 Å². The maximum atomic E-state index is 11.3. The van der Waals surface area contributed by atoms with Gasteiger partial charge < -0.3 is 24.4 Å². The van der Waals surface area contributed by atoms with Crippen LogP contribution < -0.4 is 4.74 Å². The third kappa shape index (κ3) is 7.14. The number of aliphatic hydroxyl groups is 2. The van der Waals surface area contributed by atoms with E-state index in [1.165, 1.54) is 0 Å². The second-order valence-electron chi connectivity index (χ2n) is 10.1. The standard InChI is InChI=1S/C37H36O5/c1-40-35-31(25-41-36(29-19-10-4-11-20-29)33(38)27-15-6-2-7-16-27)23-14-24-32(35)26-42-37(30-21-12-5-13-22-30)34(39)28-17-8-3-9-18-28/h2-24,33-34,36-39H,25-26H2,1H3/t33-,34-,36-,37-/m1/s1. The van der Waals surface area contributed by atoms with Crippen molar-refractivity contribution in [1.82, 2.24) is 0 Å². The molecular weight excluding hydrogens is 524 g/mol. The van der Waals surface area contributed by atoms with E-state index in [-0.39, 0.29) is 13.2 Å². The second-order valence-corrected chi connectivity index (χ2v) is 10.1. The molecule has 0 aliphatic heterocycles. The normalized spacial score (nSPS) is 14.1. The summed E-state index contributed by atoms with van der Waals surface area (Å²) < 4.78 is 18.7. The minimum Gasteiger partial charge on any atom is -0.496 e. The SMILES string of the molecule is COc1c(CO[C@H](c2ccccc2)[C@H](O)c2ccccc2)cccc1CO[C@H](c1ccccc1)[C@H](O)c1ccccc1. The number of hydrogen-bond acceptors (Lipinski definition) is 5. The molecule has 0 aliphatic carbocycles. The van der Waals surface area contributed by atoms with E-state index in [9.17, 15) is 10.2 Å². The topological polar surface area (TPSA) is 68.2 Å². The summed E-state index contributed by atoms with van der Waals surface area (Å²) in [6.45, 7) is 0.435. The molecule has 0 aliphatic rings. The average Bonchev–Trinajstić information content (AvgIpc) is 3.06. The Morgan fingerprint density at radius 2 is 0.786 bits per heavy atom. The molecule has 0 unspecified atom stereocenters. The Morgan fingerprint density at radius 3 is 1.12 bits per heavy atom. The van der Waals surface area contributed by atoms with Gasteiger partial charge in [0, 0.05) is 11.1 Å². The van der Waals surface area contributed by atoms with Crippen molar-refractivity contribution in [1.29, 1.82) is 0 Å². The lowest BCUT2D eigenvalue weighted by atomic mass is 9.98. The van der Waals surface area contributed by atoms with Crippen molar-refractivity contribution in [3.05, 3.63) is 173 Å². The highest BCUT2D eigenvalue weighted by molar-refractivity contribution is 5.41. The van der Waals surface area contributed by atoms with Crippen LogP contribution in [0.1, 0.15) is 57.8 Å². The largest absolute Gasteiger partial charge is 0.496 e. The number of benzene rings is 5. The fourth-order valence-corrected chi connectivity index (χ4v) is 5.16. The van der Waals surface area contributed by atoms with Crippen molar-refractivity contribution in [2.75, 3.05) is 7.11 Å². The first kappa shape index (κ1) is 29.2. The minimum absolute atomic E-state index is 0.217. The first-order chi connectivity index (χ1) is 20.7. The van der Waals surface area contributed by atoms with Gasteiger partial charge in [0.1, 0.15) is 30.2 Å². The van der Waals surface area contributed by atoms with Gasteiger partial charge in [-0.1, -0.05) is 140 Å². The van der Waals surface area contributed by atoms with Gasteiger partial charge >= 0.3 is 0 Å². The van der Waals surface area contributed by atoms with Crippen molar-refractivity contribution in [2.24, 2.45) is 0 Å². The first-order valence-electron chi connectivity index (χ1n) is 14.1. The molecule has 0 aromatic heterocycles. The fourth-order valence-electron chi connectivity index (χ4n) is 5.16. The molecule has 5 nitrogen and oxygen atoms in total. The van der Waals surface area contributed by atoms with Crippen molar-refractivity contribution < 1.29 is 24.4 Å². The summed E-state index contributed by atoms with van der Waals surface area (Å²) in [6, 6.07) is 44.4. The lowest BCUT2D eigenvalue weighted by molar-refractivity contribution is -0.0523. The van der Waals surface area contributed by atoms with Gasteiger partial charge in [0.25, 0.3) is 0 Å². The second kappa shape index (κ2) is 14.6. The molecule has 0 heterocycles. The van der Waals surface area contributed by atoms with Crippen molar-refractivity contribution in [2.45, 2.75) is 37.6 Å². The van der Waals surface area contributed by atoms with Crippen LogP contribution in [0.5, 0.6) is 5.75 Å². The predicted molar refractivity (Wildman–Crippen MR) is 164 cm³/mol. The third-order valence-corrected chi connectivity index (χ3v) is 7.33. The monoisotopic (exact) mass is 560 g/mol. The van der Waals surface area contributed by atoms with Crippen LogP contribution >= 0.6 is 0 Å². The maximum Gasteiger partial charge on any atom is 0.129 e. The quantitative estimate of drug-likeness (QED) is 0.155. The highest BCUT2D eigenvalue weighted by Crippen LogP contribution is 2.36. The average molecular weight is 561 g/mol. The predicted octanol–water partition coefficient (Wildman–Crippen LogP) is 7.68. The van der Waals surface area contributed by atoms with Crippen LogP contribution in [0, 0.1) is 0 Å². The Hall–Kier alpha value is -4.26. The molecule has 0 bridgehead atoms. The summed E-state index contributed by atoms with van der Waals surface area (Å²) in [5.74, 6) is 0.652. The van der Waals surface area contributed by atoms with Crippen molar-refractivity contribution in [3.8, 4) is 5.75 Å². The highest BCUT2D eigenvalue weighted by Gasteiger charge is 2.26. The van der Waals surface area contributed by atoms with Gasteiger partial charge in [-0.15, -0.1) is 0 Å². The van der Waals surface area contributed by atoms with Crippen molar-refractivity contribution in [3.63, 3.8) is 0 Å². The molecule has 5 rings (SSSR count). The minimum atomic E-state index is -0.850. The molecule has 0 saturated carbocycles. The van der Waals surface area contributed by atoms with Gasteiger partial charge in [0.2, 0.25) is 0 Å². The fraction of sp³-hybridized carbons (Fsp3) is 0.189. The number of methoxy groups -OCH3 is 1. The summed E-state index contributed by atoms with van der Waals surface area (Å²) in [7, 11) is 1.63. The zero-order chi connectivity index (χ0) is 29.1. The number of ether oxygens (including phenoxy) is 3. The van der Waals surface area contributed by atoms with Crippen LogP contribution in [0.15, 0.2) is 140 Å². The molecule has 42 heavy (non-hydrogen) atoms. The summed E-state index contributed by atoms with van der Waals surface area (Å²) in [5.41, 5.74) is 4.99. The molecule has 0 saturated heterocycles. The number of para-hydroxylation sites is 1. The van der Waals surface area contributed by atoms with Crippen LogP contribution in [0.4, 0.5) is 0 Å². The Bertz CT molecular complexity index is 1380. The van der Waals surface area contributed by atoms with Gasteiger partial charge in [0.05, 0.1) is 20.3 Å². The van der Waals surface area contributed by atoms with E-state index in [1.54, 1.807) is 7.11 Å². The van der Waals surface area contributed by atoms with Crippen LogP contribution in [0.2, 0.25) is 0 Å². The Balaban J connectivity index is 1.36. The number of aliphatic hydroxyl groups excluding tert-OH is 2. The van der Waals surface area contributed by atoms with Gasteiger partial charge in [0.15, 0.2) is 0 Å². The van der Waals surface area contributed by atoms with Crippen LogP contribution in [-0.4, -0.2) is 17.3 Å². The summed E-state index contributed by atoms with van der Waals surface area (Å²) in [4.78, 5) is 0. The number of hydrogen-bond donors (Lipinski definition) is 2. The van der Waals surface area contributed by atoms with E-state index in [1.807, 2.05) is 140 Å². The highest BCUT2D eigenvalue weighted by atomic mass is 16.5. The van der Waals surface area contributed by atoms with E-state index in [2.05, 4.69) is 0 Å². The molecule has 214 valence electrons. The molecule has 2 N–H and O–H groups in total. The summed E-state index contributed by atoms with van der Waals surface area (Å²) >= 11 is 0. The van der Waals surface area contributed by atoms with Crippen LogP contribution in [-0.2, 0) is 22.7 Å². The van der Waals surface area contributed by atoms with E-state index in [0.29, 0.717) is 5.75 Å². The Kier molecular flexibility index (Phi) is 10.1. The molecule has 0 spiro atoms. The van der Waals surface area contributed by atoms with E-state index >= 15 is 0 Å². The molecule has 5 aromatic rings. The van der Waals surface area contributed by atoms with E-state index in [0.717, 1.165) is 33.4 Å². The Morgan fingerprint density at radius 1 is 0.452 bits per heavy atom. The first-order valence-corrected chi connectivity index (χ1v) is 14.1. The molecular formula is C37H36O5. The van der Waals surface area contributed by atoms with Crippen molar-refractivity contribution >= 4 is 0 Å². The lowest BCUT2D eigenvalue weighted by Crippen LogP contribution is -2.16. The lowest BCUT2D eigenvalue weighted by Gasteiger charge is -2.26. The molecule has 0 amide bonds. The Labute approximate surface area is 247 Å². The molecule has 5 heteroatoms. The third-order valence-electron chi connectivity index (χ3n) is 7.33. The molecule has 5 aromatic carbocycles. The van der Waals surface area contributed by atoms with Crippen LogP contribution in [0.25, 0.3) is 0 Å². The van der Waals surface area contributed by atoms with Gasteiger partial charge in [-0.05, 0) is 22.3 Å². The summed E-state index contributed by atoms with van der Waals surface area (Å²) in [5, 5.41) is 22.6. The molecule has 4 atom stereocenters. The molecule has 0 fully saturated rings. The zero-order valence-electron chi connectivity index (χ0n) is 23.6.